The molecular formula is C14H20ClNO. The van der Waals surface area contributed by atoms with Gasteiger partial charge >= 0.3 is 0 Å². The minimum absolute atomic E-state index is 0.113. The van der Waals surface area contributed by atoms with Gasteiger partial charge in [0.2, 0.25) is 0 Å². The molecule has 1 fully saturated rings. The highest BCUT2D eigenvalue weighted by molar-refractivity contribution is 6.31. The van der Waals surface area contributed by atoms with Crippen molar-refractivity contribution in [2.24, 2.45) is 5.73 Å². The van der Waals surface area contributed by atoms with Crippen molar-refractivity contribution < 1.29 is 4.79 Å². The zero-order valence-electron chi connectivity index (χ0n) is 10.5. The van der Waals surface area contributed by atoms with E-state index in [9.17, 15) is 4.79 Å². The number of carbonyl (C=O) groups excluding carboxylic acids is 1. The molecule has 2 rings (SSSR count). The fourth-order valence-corrected chi connectivity index (χ4v) is 2.46. The number of hydrogen-bond donors (Lipinski definition) is 1. The van der Waals surface area contributed by atoms with Crippen molar-refractivity contribution in [1.82, 2.24) is 0 Å². The molecule has 0 aromatic heterocycles. The summed E-state index contributed by atoms with van der Waals surface area (Å²) in [5.74, 6) is 0.113. The van der Waals surface area contributed by atoms with Crippen LogP contribution in [0.3, 0.4) is 0 Å². The highest BCUT2D eigenvalue weighted by atomic mass is 35.5. The van der Waals surface area contributed by atoms with E-state index in [4.69, 9.17) is 17.3 Å². The number of ketones is 1. The molecule has 0 aliphatic heterocycles. The van der Waals surface area contributed by atoms with E-state index >= 15 is 0 Å². The van der Waals surface area contributed by atoms with E-state index in [1.807, 2.05) is 32.0 Å². The van der Waals surface area contributed by atoms with Crippen molar-refractivity contribution in [1.29, 1.82) is 0 Å². The molecule has 1 aromatic carbocycles. The predicted molar refractivity (Wildman–Crippen MR) is 72.1 cm³/mol. The summed E-state index contributed by atoms with van der Waals surface area (Å²) >= 11 is 6.08. The van der Waals surface area contributed by atoms with Crippen LogP contribution in [0.15, 0.2) is 24.3 Å². The smallest absolute Gasteiger partial charge is 0.157 e. The van der Waals surface area contributed by atoms with Crippen LogP contribution in [0.25, 0.3) is 0 Å². The summed E-state index contributed by atoms with van der Waals surface area (Å²) < 4.78 is 0. The Bertz CT molecular complexity index is 392. The molecule has 2 N–H and O–H groups in total. The molecule has 1 aromatic rings. The minimum atomic E-state index is -0.851. The second-order valence-corrected chi connectivity index (χ2v) is 4.49. The van der Waals surface area contributed by atoms with Crippen LogP contribution in [0.1, 0.15) is 45.1 Å². The van der Waals surface area contributed by atoms with E-state index in [2.05, 4.69) is 0 Å². The highest BCUT2D eigenvalue weighted by Crippen LogP contribution is 2.35. The lowest BCUT2D eigenvalue weighted by molar-refractivity contribution is -0.126. The summed E-state index contributed by atoms with van der Waals surface area (Å²) in [6.45, 7) is 4.00. The molecule has 1 saturated carbocycles. The van der Waals surface area contributed by atoms with E-state index < -0.39 is 5.54 Å². The van der Waals surface area contributed by atoms with Crippen molar-refractivity contribution in [2.45, 2.75) is 45.1 Å². The van der Waals surface area contributed by atoms with Gasteiger partial charge in [0, 0.05) is 11.4 Å². The van der Waals surface area contributed by atoms with Crippen molar-refractivity contribution in [3.8, 4) is 0 Å². The van der Waals surface area contributed by atoms with Crippen LogP contribution in [0, 0.1) is 0 Å². The number of rotatable bonds is 1. The summed E-state index contributed by atoms with van der Waals surface area (Å²) in [4.78, 5) is 11.9. The number of benzene rings is 1. The van der Waals surface area contributed by atoms with Crippen molar-refractivity contribution in [3.05, 3.63) is 34.9 Å². The maximum atomic E-state index is 11.9. The van der Waals surface area contributed by atoms with Crippen LogP contribution in [0.2, 0.25) is 5.02 Å². The lowest BCUT2D eigenvalue weighted by Gasteiger charge is -2.32. The number of Topliss-reactive ketones (excluding diaryl/α,β-unsaturated/α-hetero) is 1. The van der Waals surface area contributed by atoms with Gasteiger partial charge in [-0.3, -0.25) is 4.79 Å². The van der Waals surface area contributed by atoms with Gasteiger partial charge in [0.15, 0.2) is 5.78 Å². The van der Waals surface area contributed by atoms with E-state index in [1.165, 1.54) is 0 Å². The molecular weight excluding hydrogens is 234 g/mol. The van der Waals surface area contributed by atoms with Crippen LogP contribution in [0.4, 0.5) is 0 Å². The maximum Gasteiger partial charge on any atom is 0.157 e. The quantitative estimate of drug-likeness (QED) is 0.830. The summed E-state index contributed by atoms with van der Waals surface area (Å²) in [6.07, 6.45) is 3.22. The molecule has 0 spiro atoms. The van der Waals surface area contributed by atoms with Crippen LogP contribution < -0.4 is 5.73 Å². The number of nitrogens with two attached hydrogens (primary N) is 1. The molecule has 2 nitrogen and oxygen atoms in total. The summed E-state index contributed by atoms with van der Waals surface area (Å²) in [7, 11) is 0. The zero-order chi connectivity index (χ0) is 12.9. The normalized spacial score (nSPS) is 23.9. The molecule has 17 heavy (non-hydrogen) atoms. The van der Waals surface area contributed by atoms with Gasteiger partial charge in [-0.25, -0.2) is 0 Å². The van der Waals surface area contributed by atoms with Gasteiger partial charge in [-0.1, -0.05) is 50.1 Å². The largest absolute Gasteiger partial charge is 0.315 e. The van der Waals surface area contributed by atoms with E-state index in [-0.39, 0.29) is 5.78 Å². The van der Waals surface area contributed by atoms with Gasteiger partial charge < -0.3 is 5.73 Å². The Morgan fingerprint density at radius 3 is 2.47 bits per heavy atom. The minimum Gasteiger partial charge on any atom is -0.315 e. The Kier molecular flexibility index (Phi) is 5.16. The lowest BCUT2D eigenvalue weighted by Crippen LogP contribution is -2.47. The topological polar surface area (TPSA) is 43.1 Å². The fraction of sp³-hybridized carbons (Fsp3) is 0.500. The Morgan fingerprint density at radius 1 is 1.24 bits per heavy atom. The third-order valence-electron chi connectivity index (χ3n) is 3.08. The fourth-order valence-electron chi connectivity index (χ4n) is 2.16. The first-order valence-corrected chi connectivity index (χ1v) is 6.59. The first-order valence-electron chi connectivity index (χ1n) is 6.22. The van der Waals surface area contributed by atoms with Gasteiger partial charge in [0.05, 0.1) is 0 Å². The summed E-state index contributed by atoms with van der Waals surface area (Å²) in [6, 6.07) is 7.36. The lowest BCUT2D eigenvalue weighted by atomic mass is 9.76. The molecule has 1 atom stereocenters. The molecule has 3 heteroatoms. The van der Waals surface area contributed by atoms with Crippen molar-refractivity contribution >= 4 is 17.4 Å². The molecule has 1 aliphatic carbocycles. The second-order valence-electron chi connectivity index (χ2n) is 4.08. The van der Waals surface area contributed by atoms with Crippen molar-refractivity contribution in [3.63, 3.8) is 0 Å². The van der Waals surface area contributed by atoms with Crippen LogP contribution in [0.5, 0.6) is 0 Å². The standard InChI is InChI=1S/C12H14ClNO.C2H6/c13-10-6-2-1-5-9(10)12(14)8-4-3-7-11(12)15;1-2/h1-2,5-6H,3-4,7-8,14H2;1-2H3. The molecule has 0 radical (unpaired) electrons. The predicted octanol–water partition coefficient (Wildman–Crippen LogP) is 3.66. The van der Waals surface area contributed by atoms with Crippen LogP contribution >= 0.6 is 11.6 Å². The molecule has 0 heterocycles. The van der Waals surface area contributed by atoms with Gasteiger partial charge in [0.1, 0.15) is 5.54 Å². The van der Waals surface area contributed by atoms with Crippen LogP contribution in [-0.4, -0.2) is 5.78 Å². The number of carbonyl (C=O) groups is 1. The van der Waals surface area contributed by atoms with Crippen molar-refractivity contribution in [2.75, 3.05) is 0 Å². The van der Waals surface area contributed by atoms with Gasteiger partial charge in [-0.2, -0.15) is 0 Å². The average molecular weight is 254 g/mol. The first kappa shape index (κ1) is 14.2. The molecule has 0 saturated heterocycles. The molecule has 0 bridgehead atoms. The van der Waals surface area contributed by atoms with Crippen LogP contribution in [-0.2, 0) is 10.3 Å². The maximum absolute atomic E-state index is 11.9. The SMILES string of the molecule is CC.NC1(c2ccccc2Cl)CCCCC1=O. The summed E-state index contributed by atoms with van der Waals surface area (Å²) in [5.41, 5.74) is 6.11. The number of hydrogen-bond acceptors (Lipinski definition) is 2. The zero-order valence-corrected chi connectivity index (χ0v) is 11.3. The Hall–Kier alpha value is -0.860. The third-order valence-corrected chi connectivity index (χ3v) is 3.41. The first-order chi connectivity index (χ1) is 8.14. The van der Waals surface area contributed by atoms with Gasteiger partial charge in [-0.05, 0) is 24.5 Å². The Balaban J connectivity index is 0.000000686. The van der Waals surface area contributed by atoms with E-state index in [1.54, 1.807) is 6.07 Å². The van der Waals surface area contributed by atoms with Gasteiger partial charge in [-0.15, -0.1) is 0 Å². The van der Waals surface area contributed by atoms with Gasteiger partial charge in [0.25, 0.3) is 0 Å². The Labute approximate surface area is 108 Å². The monoisotopic (exact) mass is 253 g/mol. The van der Waals surface area contributed by atoms with E-state index in [0.29, 0.717) is 17.9 Å². The van der Waals surface area contributed by atoms with E-state index in [0.717, 1.165) is 18.4 Å². The summed E-state index contributed by atoms with van der Waals surface area (Å²) in [5, 5.41) is 0.593. The number of halogens is 1. The molecule has 0 amide bonds. The highest BCUT2D eigenvalue weighted by Gasteiger charge is 2.38. The second kappa shape index (κ2) is 6.18. The third kappa shape index (κ3) is 2.88. The molecule has 1 unspecified atom stereocenters. The Morgan fingerprint density at radius 2 is 1.88 bits per heavy atom. The molecule has 94 valence electrons. The molecule has 1 aliphatic rings. The average Bonchev–Trinajstić information content (AvgIpc) is 2.36.